The molecule has 4 aromatic heterocycles. The van der Waals surface area contributed by atoms with E-state index in [2.05, 4.69) is 77.2 Å². The van der Waals surface area contributed by atoms with Crippen LogP contribution >= 0.6 is 0 Å². The van der Waals surface area contributed by atoms with Crippen molar-refractivity contribution in [3.05, 3.63) is 91.0 Å². The minimum atomic E-state index is 0.926. The highest BCUT2D eigenvalue weighted by atomic mass is 16.3. The maximum atomic E-state index is 6.46. The average Bonchev–Trinajstić information content (AvgIpc) is 3.58. The number of para-hydroxylation sites is 3. The van der Waals surface area contributed by atoms with Gasteiger partial charge in [0, 0.05) is 37.7 Å². The molecule has 0 saturated carbocycles. The smallest absolute Gasteiger partial charge is 0.145 e. The second-order valence-corrected chi connectivity index (χ2v) is 8.94. The van der Waals surface area contributed by atoms with Gasteiger partial charge in [0.15, 0.2) is 0 Å². The van der Waals surface area contributed by atoms with Gasteiger partial charge in [-0.05, 0) is 36.4 Å². The van der Waals surface area contributed by atoms with E-state index < -0.39 is 0 Å². The summed E-state index contributed by atoms with van der Waals surface area (Å²) in [6, 6.07) is 32.1. The van der Waals surface area contributed by atoms with Gasteiger partial charge in [0.1, 0.15) is 22.3 Å². The van der Waals surface area contributed by atoms with Crippen molar-refractivity contribution in [2.24, 2.45) is 0 Å². The van der Waals surface area contributed by atoms with Gasteiger partial charge in [0.05, 0.1) is 21.9 Å². The Morgan fingerprint density at radius 2 is 1.15 bits per heavy atom. The predicted octanol–water partition coefficient (Wildman–Crippen LogP) is 8.64. The van der Waals surface area contributed by atoms with Crippen LogP contribution in [0.15, 0.2) is 99.8 Å². The van der Waals surface area contributed by atoms with E-state index in [1.165, 1.54) is 38.1 Å². The second kappa shape index (κ2) is 5.28. The lowest BCUT2D eigenvalue weighted by Gasteiger charge is -1.99. The molecular formula is C30H15NO2. The van der Waals surface area contributed by atoms with Gasteiger partial charge >= 0.3 is 0 Å². The molecule has 0 N–H and O–H groups in total. The van der Waals surface area contributed by atoms with E-state index in [9.17, 15) is 0 Å². The summed E-state index contributed by atoms with van der Waals surface area (Å²) in [6.45, 7) is 0. The third-order valence-electron chi connectivity index (χ3n) is 7.31. The molecule has 3 heteroatoms. The molecule has 0 aliphatic heterocycles. The zero-order valence-electron chi connectivity index (χ0n) is 17.4. The Morgan fingerprint density at radius 3 is 2.00 bits per heavy atom. The number of aromatic nitrogens is 1. The maximum absolute atomic E-state index is 6.46. The normalized spacial score (nSPS) is 12.8. The lowest BCUT2D eigenvalue weighted by molar-refractivity contribution is 0.669. The van der Waals surface area contributed by atoms with Gasteiger partial charge in [-0.25, -0.2) is 0 Å². The van der Waals surface area contributed by atoms with E-state index in [0.717, 1.165) is 43.9 Å². The minimum Gasteiger partial charge on any atom is -0.456 e. The summed E-state index contributed by atoms with van der Waals surface area (Å²) < 4.78 is 15.1. The molecule has 5 aromatic carbocycles. The number of hydrogen-bond donors (Lipinski definition) is 0. The van der Waals surface area contributed by atoms with Gasteiger partial charge in [-0.3, -0.25) is 0 Å². The van der Waals surface area contributed by atoms with Gasteiger partial charge in [-0.15, -0.1) is 0 Å². The van der Waals surface area contributed by atoms with Crippen molar-refractivity contribution in [3.63, 3.8) is 0 Å². The van der Waals surface area contributed by atoms with Gasteiger partial charge in [-0.2, -0.15) is 0 Å². The Balaban J connectivity index is 1.64. The predicted molar refractivity (Wildman–Crippen MR) is 136 cm³/mol. The number of benzene rings is 5. The molecular weight excluding hydrogens is 406 g/mol. The zero-order valence-corrected chi connectivity index (χ0v) is 17.4. The molecule has 0 saturated heterocycles. The molecule has 3 nitrogen and oxygen atoms in total. The molecule has 9 rings (SSSR count). The van der Waals surface area contributed by atoms with Crippen LogP contribution < -0.4 is 0 Å². The quantitative estimate of drug-likeness (QED) is 0.245. The van der Waals surface area contributed by atoms with Crippen LogP contribution in [0.5, 0.6) is 0 Å². The fraction of sp³-hybridized carbons (Fsp3) is 0. The maximum Gasteiger partial charge on any atom is 0.145 e. The number of furan rings is 2. The SMILES string of the molecule is c1ccc2c(c1)oc1cc3c4cc5c6ccccc6oc5c5c6ccccc6n(c3cc12)c45. The molecule has 0 unspecified atom stereocenters. The zero-order chi connectivity index (χ0) is 21.3. The first kappa shape index (κ1) is 16.2. The Morgan fingerprint density at radius 1 is 0.455 bits per heavy atom. The number of nitrogens with zero attached hydrogens (tertiary/aromatic N) is 1. The minimum absolute atomic E-state index is 0.926. The van der Waals surface area contributed by atoms with E-state index in [-0.39, 0.29) is 0 Å². The van der Waals surface area contributed by atoms with E-state index in [0.29, 0.717) is 0 Å². The van der Waals surface area contributed by atoms with Crippen molar-refractivity contribution in [3.8, 4) is 0 Å². The van der Waals surface area contributed by atoms with E-state index in [1.807, 2.05) is 18.2 Å². The van der Waals surface area contributed by atoms with Crippen molar-refractivity contribution in [1.82, 2.24) is 4.40 Å². The average molecular weight is 421 g/mol. The Kier molecular flexibility index (Phi) is 2.59. The largest absolute Gasteiger partial charge is 0.456 e. The Hall–Kier alpha value is -4.50. The van der Waals surface area contributed by atoms with Crippen LogP contribution in [0.1, 0.15) is 0 Å². The second-order valence-electron chi connectivity index (χ2n) is 8.94. The van der Waals surface area contributed by atoms with Gasteiger partial charge in [0.25, 0.3) is 0 Å². The summed E-state index contributed by atoms with van der Waals surface area (Å²) in [5.74, 6) is 0. The number of hydrogen-bond acceptors (Lipinski definition) is 2. The lowest BCUT2D eigenvalue weighted by Crippen LogP contribution is -1.79. The third kappa shape index (κ3) is 1.77. The van der Waals surface area contributed by atoms with Crippen molar-refractivity contribution in [2.75, 3.05) is 0 Å². The molecule has 33 heavy (non-hydrogen) atoms. The molecule has 0 bridgehead atoms. The molecule has 0 aliphatic rings. The molecule has 4 heterocycles. The van der Waals surface area contributed by atoms with Crippen LogP contribution in [-0.2, 0) is 0 Å². The van der Waals surface area contributed by atoms with E-state index >= 15 is 0 Å². The van der Waals surface area contributed by atoms with Gasteiger partial charge in [0.2, 0.25) is 0 Å². The van der Waals surface area contributed by atoms with Crippen molar-refractivity contribution < 1.29 is 8.83 Å². The first-order chi connectivity index (χ1) is 16.4. The number of fused-ring (bicyclic) bond motifs is 13. The summed E-state index contributed by atoms with van der Waals surface area (Å²) >= 11 is 0. The highest BCUT2D eigenvalue weighted by molar-refractivity contribution is 6.33. The highest BCUT2D eigenvalue weighted by Crippen LogP contribution is 2.46. The molecule has 0 fully saturated rings. The van der Waals surface area contributed by atoms with Crippen molar-refractivity contribution in [2.45, 2.75) is 0 Å². The molecule has 0 spiro atoms. The summed E-state index contributed by atoms with van der Waals surface area (Å²) in [5.41, 5.74) is 7.36. The molecule has 0 amide bonds. The molecule has 0 radical (unpaired) electrons. The summed E-state index contributed by atoms with van der Waals surface area (Å²) in [6.07, 6.45) is 0. The fourth-order valence-electron chi connectivity index (χ4n) is 5.95. The lowest BCUT2D eigenvalue weighted by atomic mass is 10.0. The van der Waals surface area contributed by atoms with Crippen LogP contribution in [0.25, 0.3) is 82.0 Å². The van der Waals surface area contributed by atoms with Gasteiger partial charge in [-0.1, -0.05) is 54.6 Å². The van der Waals surface area contributed by atoms with Crippen LogP contribution in [0.3, 0.4) is 0 Å². The van der Waals surface area contributed by atoms with E-state index in [4.69, 9.17) is 8.83 Å². The van der Waals surface area contributed by atoms with E-state index in [1.54, 1.807) is 0 Å². The molecule has 152 valence electrons. The van der Waals surface area contributed by atoms with Gasteiger partial charge < -0.3 is 13.2 Å². The first-order valence-electron chi connectivity index (χ1n) is 11.2. The monoisotopic (exact) mass is 421 g/mol. The van der Waals surface area contributed by atoms with Crippen LogP contribution in [0.4, 0.5) is 0 Å². The Labute approximate surface area is 186 Å². The molecule has 0 aliphatic carbocycles. The molecule has 0 atom stereocenters. The summed E-state index contributed by atoms with van der Waals surface area (Å²) in [7, 11) is 0. The molecule has 9 aromatic rings. The first-order valence-corrected chi connectivity index (χ1v) is 11.2. The Bertz CT molecular complexity index is 2240. The van der Waals surface area contributed by atoms with Crippen LogP contribution in [0, 0.1) is 0 Å². The fourth-order valence-corrected chi connectivity index (χ4v) is 5.95. The van der Waals surface area contributed by atoms with Crippen LogP contribution in [-0.4, -0.2) is 4.40 Å². The highest BCUT2D eigenvalue weighted by Gasteiger charge is 2.23. The van der Waals surface area contributed by atoms with Crippen LogP contribution in [0.2, 0.25) is 0 Å². The van der Waals surface area contributed by atoms with Crippen molar-refractivity contribution in [1.29, 1.82) is 0 Å². The standard InChI is InChI=1S/C30H15NO2/c1-4-10-23-18(9-1)28-29-21(13-22-17-8-3-6-12-26(17)33-30(22)28)19-15-27-20(14-24(19)31(23)29)16-7-2-5-11-25(16)32-27/h1-15H. The van der Waals surface area contributed by atoms with Crippen molar-refractivity contribution >= 4 is 82.0 Å². The summed E-state index contributed by atoms with van der Waals surface area (Å²) in [5, 5.41) is 9.47. The summed E-state index contributed by atoms with van der Waals surface area (Å²) in [4.78, 5) is 0. The number of rotatable bonds is 0. The topological polar surface area (TPSA) is 30.7 Å². The third-order valence-corrected chi connectivity index (χ3v) is 7.31.